The van der Waals surface area contributed by atoms with Crippen molar-refractivity contribution in [3.8, 4) is 0 Å². The summed E-state index contributed by atoms with van der Waals surface area (Å²) < 4.78 is 0. The average Bonchev–Trinajstić information content (AvgIpc) is 3.52. The zero-order valence-electron chi connectivity index (χ0n) is 25.4. The van der Waals surface area contributed by atoms with Crippen molar-refractivity contribution in [2.75, 3.05) is 22.5 Å². The van der Waals surface area contributed by atoms with Crippen LogP contribution < -0.4 is 21.3 Å². The Morgan fingerprint density at radius 2 is 1.67 bits per heavy atom. The number of amides is 2. The van der Waals surface area contributed by atoms with Gasteiger partial charge >= 0.3 is 0 Å². The van der Waals surface area contributed by atoms with Crippen LogP contribution in [-0.4, -0.2) is 36.0 Å². The molecule has 2 aliphatic heterocycles. The lowest BCUT2D eigenvalue weighted by Crippen LogP contribution is -2.35. The molecule has 1 fully saturated rings. The molecule has 0 spiro atoms. The molecule has 2 heterocycles. The molecule has 5 rings (SSSR count). The van der Waals surface area contributed by atoms with E-state index >= 15 is 0 Å². The lowest BCUT2D eigenvalue weighted by atomic mass is 9.86. The van der Waals surface area contributed by atoms with Crippen molar-refractivity contribution >= 4 is 46.2 Å². The maximum Gasteiger partial charge on any atom is 0.255 e. The van der Waals surface area contributed by atoms with Crippen LogP contribution >= 0.6 is 0 Å². The van der Waals surface area contributed by atoms with E-state index in [-0.39, 0.29) is 34.9 Å². The van der Waals surface area contributed by atoms with Crippen molar-refractivity contribution in [1.29, 1.82) is 0 Å². The van der Waals surface area contributed by atoms with Crippen molar-refractivity contribution in [3.05, 3.63) is 95.1 Å². The summed E-state index contributed by atoms with van der Waals surface area (Å²) in [5.41, 5.74) is 6.04. The van der Waals surface area contributed by atoms with Crippen LogP contribution in [0.2, 0.25) is 0 Å². The predicted molar refractivity (Wildman–Crippen MR) is 174 cm³/mol. The van der Waals surface area contributed by atoms with Crippen LogP contribution in [0.3, 0.4) is 0 Å². The molecule has 43 heavy (non-hydrogen) atoms. The number of carbonyl (C=O) groups is 3. The Kier molecular flexibility index (Phi) is 8.59. The van der Waals surface area contributed by atoms with Gasteiger partial charge in [0.2, 0.25) is 11.7 Å². The number of nitrogens with one attached hydrogen (secondary N) is 4. The maximum atomic E-state index is 13.1. The Morgan fingerprint density at radius 3 is 2.37 bits per heavy atom. The molecular formula is C35H39N5O3. The average molecular weight is 578 g/mol. The van der Waals surface area contributed by atoms with Crippen LogP contribution in [0.1, 0.15) is 67.6 Å². The minimum absolute atomic E-state index is 0.00580. The summed E-state index contributed by atoms with van der Waals surface area (Å²) in [4.78, 5) is 43.5. The Morgan fingerprint density at radius 1 is 0.953 bits per heavy atom. The third kappa shape index (κ3) is 6.92. The molecule has 0 bridgehead atoms. The van der Waals surface area contributed by atoms with Crippen LogP contribution in [0.25, 0.3) is 5.70 Å². The van der Waals surface area contributed by atoms with Gasteiger partial charge in [0.1, 0.15) is 0 Å². The lowest BCUT2D eigenvalue weighted by Gasteiger charge is -2.21. The molecule has 0 radical (unpaired) electrons. The number of rotatable bonds is 6. The van der Waals surface area contributed by atoms with Gasteiger partial charge in [-0.1, -0.05) is 58.0 Å². The first kappa shape index (κ1) is 29.9. The van der Waals surface area contributed by atoms with Gasteiger partial charge in [-0.3, -0.25) is 14.4 Å². The van der Waals surface area contributed by atoms with Gasteiger partial charge in [-0.25, -0.2) is 4.99 Å². The van der Waals surface area contributed by atoms with Gasteiger partial charge in [0.25, 0.3) is 5.91 Å². The fraction of sp³-hybridized carbons (Fsp3) is 0.314. The molecule has 8 nitrogen and oxygen atoms in total. The SMILES string of the molecule is Cc1c(NC(=O)c2ccc(C(C)(C)C)cc2)cccc1C1=CC(C)C(=O)C(Nc2cccc(NC(=O)C3CCCN3)c2)=N1. The maximum absolute atomic E-state index is 13.1. The number of anilines is 3. The molecule has 0 aromatic heterocycles. The number of amidine groups is 1. The van der Waals surface area contributed by atoms with Crippen molar-refractivity contribution in [2.24, 2.45) is 10.9 Å². The minimum Gasteiger partial charge on any atom is -0.337 e. The molecule has 1 saturated heterocycles. The predicted octanol–water partition coefficient (Wildman–Crippen LogP) is 6.31. The third-order valence-electron chi connectivity index (χ3n) is 7.93. The second kappa shape index (κ2) is 12.4. The number of benzene rings is 3. The van der Waals surface area contributed by atoms with Crippen molar-refractivity contribution in [3.63, 3.8) is 0 Å². The van der Waals surface area contributed by atoms with Gasteiger partial charge in [-0.15, -0.1) is 0 Å². The van der Waals surface area contributed by atoms with E-state index in [0.717, 1.165) is 36.1 Å². The monoisotopic (exact) mass is 577 g/mol. The first-order valence-corrected chi connectivity index (χ1v) is 14.8. The lowest BCUT2D eigenvalue weighted by molar-refractivity contribution is -0.118. The molecular weight excluding hydrogens is 538 g/mol. The number of hydrogen-bond donors (Lipinski definition) is 4. The summed E-state index contributed by atoms with van der Waals surface area (Å²) in [6.45, 7) is 11.0. The molecule has 3 aromatic carbocycles. The number of allylic oxidation sites excluding steroid dienone is 1. The molecule has 0 saturated carbocycles. The number of carbonyl (C=O) groups excluding carboxylic acids is 3. The smallest absolute Gasteiger partial charge is 0.255 e. The zero-order valence-corrected chi connectivity index (χ0v) is 25.4. The summed E-state index contributed by atoms with van der Waals surface area (Å²) in [5, 5.41) is 12.4. The Hall–Kier alpha value is -4.56. The summed E-state index contributed by atoms with van der Waals surface area (Å²) in [6, 6.07) is 20.4. The van der Waals surface area contributed by atoms with E-state index in [1.54, 1.807) is 6.07 Å². The van der Waals surface area contributed by atoms with E-state index in [4.69, 9.17) is 4.99 Å². The number of aliphatic imine (C=N–C) groups is 1. The first-order valence-electron chi connectivity index (χ1n) is 14.8. The molecule has 8 heteroatoms. The highest BCUT2D eigenvalue weighted by molar-refractivity contribution is 6.45. The Balaban J connectivity index is 1.34. The number of Topliss-reactive ketones (excluding diaryl/α,β-unsaturated/α-hetero) is 1. The second-order valence-electron chi connectivity index (χ2n) is 12.3. The van der Waals surface area contributed by atoms with Crippen LogP contribution in [0, 0.1) is 12.8 Å². The summed E-state index contributed by atoms with van der Waals surface area (Å²) in [6.07, 6.45) is 3.64. The fourth-order valence-electron chi connectivity index (χ4n) is 5.29. The second-order valence-corrected chi connectivity index (χ2v) is 12.3. The molecule has 4 N–H and O–H groups in total. The summed E-state index contributed by atoms with van der Waals surface area (Å²) in [7, 11) is 0. The summed E-state index contributed by atoms with van der Waals surface area (Å²) in [5.74, 6) is -0.564. The molecule has 3 aromatic rings. The highest BCUT2D eigenvalue weighted by Crippen LogP contribution is 2.31. The fourth-order valence-corrected chi connectivity index (χ4v) is 5.29. The topological polar surface area (TPSA) is 112 Å². The number of nitrogens with zero attached hydrogens (tertiary/aromatic N) is 1. The molecule has 2 unspecified atom stereocenters. The van der Waals surface area contributed by atoms with Crippen LogP contribution in [-0.2, 0) is 15.0 Å². The van der Waals surface area contributed by atoms with E-state index in [1.807, 2.05) is 80.6 Å². The van der Waals surface area contributed by atoms with Gasteiger partial charge in [0, 0.05) is 34.1 Å². The van der Waals surface area contributed by atoms with Gasteiger partial charge in [-0.05, 0) is 85.3 Å². The molecule has 2 amide bonds. The van der Waals surface area contributed by atoms with E-state index in [9.17, 15) is 14.4 Å². The standard InChI is InChI=1S/C35H39N5O3/c1-21-19-30(27-11-7-12-28(22(27)2)40-33(42)23-14-16-24(17-15-23)35(3,4)5)39-32(31(21)41)37-25-9-6-10-26(20-25)38-34(43)29-13-8-18-36-29/h6-7,9-12,14-17,19-21,29,36H,8,13,18H2,1-5H3,(H,37,39)(H,38,43)(H,40,42). The Labute approximate surface area is 253 Å². The molecule has 2 aliphatic rings. The minimum atomic E-state index is -0.398. The van der Waals surface area contributed by atoms with Crippen molar-refractivity contribution < 1.29 is 14.4 Å². The van der Waals surface area contributed by atoms with Gasteiger partial charge in [-0.2, -0.15) is 0 Å². The van der Waals surface area contributed by atoms with Crippen LogP contribution in [0.5, 0.6) is 0 Å². The van der Waals surface area contributed by atoms with Crippen LogP contribution in [0.15, 0.2) is 77.8 Å². The van der Waals surface area contributed by atoms with Gasteiger partial charge in [0.15, 0.2) is 5.84 Å². The highest BCUT2D eigenvalue weighted by atomic mass is 16.2. The van der Waals surface area contributed by atoms with Gasteiger partial charge in [0.05, 0.1) is 11.7 Å². The third-order valence-corrected chi connectivity index (χ3v) is 7.93. The highest BCUT2D eigenvalue weighted by Gasteiger charge is 2.26. The Bertz CT molecular complexity index is 1610. The number of ketones is 1. The van der Waals surface area contributed by atoms with E-state index in [1.165, 1.54) is 0 Å². The van der Waals surface area contributed by atoms with Crippen molar-refractivity contribution in [2.45, 2.75) is 58.9 Å². The van der Waals surface area contributed by atoms with Crippen molar-refractivity contribution in [1.82, 2.24) is 5.32 Å². The molecule has 222 valence electrons. The van der Waals surface area contributed by atoms with E-state index < -0.39 is 5.92 Å². The summed E-state index contributed by atoms with van der Waals surface area (Å²) >= 11 is 0. The quantitative estimate of drug-likeness (QED) is 0.275. The van der Waals surface area contributed by atoms with Gasteiger partial charge < -0.3 is 21.3 Å². The zero-order chi connectivity index (χ0) is 30.7. The normalized spacial score (nSPS) is 18.5. The van der Waals surface area contributed by atoms with E-state index in [2.05, 4.69) is 42.0 Å². The first-order chi connectivity index (χ1) is 20.5. The van der Waals surface area contributed by atoms with Crippen LogP contribution in [0.4, 0.5) is 17.1 Å². The molecule has 0 aliphatic carbocycles. The number of hydrogen-bond acceptors (Lipinski definition) is 6. The molecule has 2 atom stereocenters. The largest absolute Gasteiger partial charge is 0.337 e. The van der Waals surface area contributed by atoms with E-state index in [0.29, 0.717) is 28.3 Å².